The van der Waals surface area contributed by atoms with Crippen molar-refractivity contribution in [2.45, 2.75) is 40.5 Å². The zero-order chi connectivity index (χ0) is 29.3. The van der Waals surface area contributed by atoms with Gasteiger partial charge in [-0.2, -0.15) is 26.3 Å². The van der Waals surface area contributed by atoms with Crippen molar-refractivity contribution >= 4 is 27.1 Å². The second kappa shape index (κ2) is 9.23. The number of amides is 1. The van der Waals surface area contributed by atoms with Crippen LogP contribution in [0.25, 0.3) is 0 Å². The Morgan fingerprint density at radius 3 is 2.23 bits per heavy atom. The maximum atomic E-state index is 14.9. The van der Waals surface area contributed by atoms with Crippen LogP contribution < -0.4 is 0 Å². The molecule has 3 aromatic rings. The minimum Gasteiger partial charge on any atom is -0.336 e. The summed E-state index contributed by atoms with van der Waals surface area (Å²) in [5.41, 5.74) is -6.39. The highest BCUT2D eigenvalue weighted by Crippen LogP contribution is 2.56. The first kappa shape index (κ1) is 28.5. The molecule has 5 rings (SSSR count). The molecule has 2 atom stereocenters. The van der Waals surface area contributed by atoms with E-state index in [1.807, 2.05) is 0 Å². The number of sulfone groups is 1. The average molecular weight is 611 g/mol. The smallest absolute Gasteiger partial charge is 0.336 e. The van der Waals surface area contributed by atoms with E-state index in [1.165, 1.54) is 16.6 Å². The van der Waals surface area contributed by atoms with E-state index in [0.717, 1.165) is 41.7 Å². The van der Waals surface area contributed by atoms with Crippen LogP contribution in [0.5, 0.6) is 0 Å². The van der Waals surface area contributed by atoms with Gasteiger partial charge in [0.25, 0.3) is 5.91 Å². The molecule has 2 unspecified atom stereocenters. The first-order valence-electron chi connectivity index (χ1n) is 11.7. The number of hydrogen-bond acceptors (Lipinski definition) is 5. The SMILES string of the molecule is O=C(c1cncs1)N1CC2CCc3cc(C(F)(C(F)(F)F)C(F)(F)F)ccc3C2(S(=O)(=O)c2ccc(F)cc2)C1. The van der Waals surface area contributed by atoms with E-state index >= 15 is 0 Å². The van der Waals surface area contributed by atoms with Gasteiger partial charge in [0, 0.05) is 24.6 Å². The van der Waals surface area contributed by atoms with Gasteiger partial charge in [-0.05, 0) is 48.2 Å². The van der Waals surface area contributed by atoms with Crippen LogP contribution in [0.4, 0.5) is 35.1 Å². The van der Waals surface area contributed by atoms with E-state index in [9.17, 15) is 48.3 Å². The fourth-order valence-electron chi connectivity index (χ4n) is 5.67. The van der Waals surface area contributed by atoms with Crippen molar-refractivity contribution in [1.29, 1.82) is 0 Å². The number of aryl methyl sites for hydroxylation is 1. The van der Waals surface area contributed by atoms with Crippen LogP contribution in [0, 0.1) is 11.7 Å². The summed E-state index contributed by atoms with van der Waals surface area (Å²) >= 11 is 1.00. The molecule has 15 heteroatoms. The van der Waals surface area contributed by atoms with Gasteiger partial charge in [-0.3, -0.25) is 9.78 Å². The van der Waals surface area contributed by atoms with E-state index in [4.69, 9.17) is 0 Å². The third kappa shape index (κ3) is 4.03. The average Bonchev–Trinajstić information content (AvgIpc) is 3.55. The summed E-state index contributed by atoms with van der Waals surface area (Å²) in [5, 5.41) is 0. The van der Waals surface area contributed by atoms with Crippen molar-refractivity contribution in [3.63, 3.8) is 0 Å². The topological polar surface area (TPSA) is 67.3 Å². The maximum absolute atomic E-state index is 14.9. The molecule has 0 radical (unpaired) electrons. The summed E-state index contributed by atoms with van der Waals surface area (Å²) in [7, 11) is -4.54. The van der Waals surface area contributed by atoms with E-state index in [0.29, 0.717) is 6.07 Å². The summed E-state index contributed by atoms with van der Waals surface area (Å²) in [6, 6.07) is 5.24. The van der Waals surface area contributed by atoms with Gasteiger partial charge >= 0.3 is 18.0 Å². The molecular weight excluding hydrogens is 592 g/mol. The van der Waals surface area contributed by atoms with Crippen molar-refractivity contribution in [1.82, 2.24) is 9.88 Å². The molecule has 2 aromatic carbocycles. The molecule has 214 valence electrons. The summed E-state index contributed by atoms with van der Waals surface area (Å²) in [6.07, 6.45) is -11.6. The molecule has 2 heterocycles. The molecule has 1 saturated heterocycles. The van der Waals surface area contributed by atoms with Crippen LogP contribution in [0.2, 0.25) is 0 Å². The Morgan fingerprint density at radius 1 is 1.00 bits per heavy atom. The molecule has 1 aromatic heterocycles. The number of hydrogen-bond donors (Lipinski definition) is 0. The maximum Gasteiger partial charge on any atom is 0.435 e. The molecule has 5 nitrogen and oxygen atoms in total. The molecule has 1 aliphatic carbocycles. The highest BCUT2D eigenvalue weighted by molar-refractivity contribution is 7.92. The number of thiazole rings is 1. The third-order valence-electron chi connectivity index (χ3n) is 7.56. The molecular formula is C25H18F8N2O3S2. The van der Waals surface area contributed by atoms with Gasteiger partial charge < -0.3 is 4.90 Å². The largest absolute Gasteiger partial charge is 0.435 e. The normalized spacial score (nSPS) is 21.7. The number of likely N-dealkylation sites (tertiary alicyclic amines) is 1. The van der Waals surface area contributed by atoms with Crippen molar-refractivity contribution in [3.05, 3.63) is 81.6 Å². The molecule has 0 spiro atoms. The van der Waals surface area contributed by atoms with E-state index in [1.54, 1.807) is 0 Å². The Kier molecular flexibility index (Phi) is 6.56. The fraction of sp³-hybridized carbons (Fsp3) is 0.360. The Hall–Kier alpha value is -3.07. The van der Waals surface area contributed by atoms with Crippen LogP contribution in [0.15, 0.2) is 59.1 Å². The summed E-state index contributed by atoms with van der Waals surface area (Å²) in [5.74, 6) is -2.12. The zero-order valence-corrected chi connectivity index (χ0v) is 21.7. The number of rotatable bonds is 4. The predicted molar refractivity (Wildman–Crippen MR) is 126 cm³/mol. The molecule has 1 fully saturated rings. The van der Waals surface area contributed by atoms with Crippen molar-refractivity contribution in [2.75, 3.05) is 13.1 Å². The second-order valence-electron chi connectivity index (χ2n) is 9.66. The van der Waals surface area contributed by atoms with Crippen LogP contribution in [0.1, 0.15) is 32.8 Å². The number of halogens is 8. The molecule has 0 saturated carbocycles. The molecule has 1 amide bonds. The van der Waals surface area contributed by atoms with Gasteiger partial charge in [-0.25, -0.2) is 17.2 Å². The monoisotopic (exact) mass is 610 g/mol. The summed E-state index contributed by atoms with van der Waals surface area (Å²) in [6.45, 7) is -0.573. The van der Waals surface area contributed by atoms with E-state index in [-0.39, 0.29) is 46.4 Å². The van der Waals surface area contributed by atoms with Crippen molar-refractivity contribution < 1.29 is 48.3 Å². The number of carbonyl (C=O) groups excluding carboxylic acids is 1. The van der Waals surface area contributed by atoms with Crippen LogP contribution in [-0.4, -0.2) is 49.7 Å². The highest BCUT2D eigenvalue weighted by atomic mass is 32.2. The first-order chi connectivity index (χ1) is 18.5. The number of aromatic nitrogens is 1. The van der Waals surface area contributed by atoms with Crippen LogP contribution in [-0.2, 0) is 26.7 Å². The van der Waals surface area contributed by atoms with Gasteiger partial charge in [0.05, 0.1) is 16.6 Å². The third-order valence-corrected chi connectivity index (χ3v) is 10.9. The van der Waals surface area contributed by atoms with E-state index in [2.05, 4.69) is 4.98 Å². The highest BCUT2D eigenvalue weighted by Gasteiger charge is 2.73. The fourth-order valence-corrected chi connectivity index (χ4v) is 8.62. The molecule has 2 aliphatic rings. The summed E-state index contributed by atoms with van der Waals surface area (Å²) < 4.78 is 136. The Morgan fingerprint density at radius 2 is 1.65 bits per heavy atom. The number of fused-ring (bicyclic) bond motifs is 3. The first-order valence-corrected chi connectivity index (χ1v) is 14.0. The zero-order valence-electron chi connectivity index (χ0n) is 20.1. The lowest BCUT2D eigenvalue weighted by atomic mass is 9.75. The quantitative estimate of drug-likeness (QED) is 0.270. The van der Waals surface area contributed by atoms with Crippen molar-refractivity contribution in [3.8, 4) is 0 Å². The molecule has 40 heavy (non-hydrogen) atoms. The van der Waals surface area contributed by atoms with Crippen LogP contribution in [0.3, 0.4) is 0 Å². The predicted octanol–water partition coefficient (Wildman–Crippen LogP) is 5.96. The van der Waals surface area contributed by atoms with Gasteiger partial charge in [0.1, 0.15) is 15.4 Å². The van der Waals surface area contributed by atoms with Crippen LogP contribution >= 0.6 is 11.3 Å². The van der Waals surface area contributed by atoms with Gasteiger partial charge in [-0.15, -0.1) is 11.3 Å². The lowest BCUT2D eigenvalue weighted by Gasteiger charge is -2.40. The Balaban J connectivity index is 1.71. The van der Waals surface area contributed by atoms with Gasteiger partial charge in [-0.1, -0.05) is 18.2 Å². The summed E-state index contributed by atoms with van der Waals surface area (Å²) in [4.78, 5) is 18.1. The number of alkyl halides is 7. The lowest BCUT2D eigenvalue weighted by Crippen LogP contribution is -2.51. The number of benzene rings is 2. The minimum absolute atomic E-state index is 0.0410. The lowest BCUT2D eigenvalue weighted by molar-refractivity contribution is -0.348. The van der Waals surface area contributed by atoms with Gasteiger partial charge in [0.15, 0.2) is 9.84 Å². The molecule has 0 bridgehead atoms. The van der Waals surface area contributed by atoms with Gasteiger partial charge in [0.2, 0.25) is 0 Å². The Bertz CT molecular complexity index is 1540. The second-order valence-corrected chi connectivity index (χ2v) is 12.8. The van der Waals surface area contributed by atoms with Crippen molar-refractivity contribution in [2.24, 2.45) is 5.92 Å². The standard InChI is InChI=1S/C25H18F8N2O3S2/c26-17-4-6-18(7-5-17)40(37,38)22-12-35(21(36)20-10-34-13-39-20)11-16(22)2-1-14-9-15(3-8-19(14)22)23(27,24(28,29)30)25(31,32)33/h3-10,13,16H,1-2,11-12H2. The number of nitrogens with zero attached hydrogens (tertiary/aromatic N) is 2. The molecule has 1 aliphatic heterocycles. The Labute approximate surface area is 226 Å². The molecule has 0 N–H and O–H groups in total. The number of carbonyl (C=O) groups is 1. The van der Waals surface area contributed by atoms with E-state index < -0.39 is 62.4 Å². The minimum atomic E-state index is -6.35.